The van der Waals surface area contributed by atoms with E-state index < -0.39 is 29.4 Å². The maximum atomic E-state index is 12.6. The highest BCUT2D eigenvalue weighted by molar-refractivity contribution is 8.22. The molecule has 1 N–H and O–H groups in total. The molecule has 0 saturated carbocycles. The number of hydrogen-bond donors (Lipinski definition) is 1. The van der Waals surface area contributed by atoms with E-state index in [2.05, 4.69) is 5.43 Å². The van der Waals surface area contributed by atoms with E-state index in [4.69, 9.17) is 21.7 Å². The highest BCUT2D eigenvalue weighted by atomic mass is 32.2. The number of thioether (sulfide) groups is 1. The Morgan fingerprint density at radius 3 is 1.83 bits per heavy atom. The van der Waals surface area contributed by atoms with Crippen LogP contribution in [-0.4, -0.2) is 44.9 Å². The Morgan fingerprint density at radius 1 is 1.04 bits per heavy atom. The van der Waals surface area contributed by atoms with Gasteiger partial charge in [-0.05, 0) is 53.7 Å². The lowest BCUT2D eigenvalue weighted by atomic mass is 10.1. The van der Waals surface area contributed by atoms with E-state index >= 15 is 0 Å². The van der Waals surface area contributed by atoms with Gasteiger partial charge in [0.15, 0.2) is 0 Å². The van der Waals surface area contributed by atoms with E-state index in [1.807, 2.05) is 20.1 Å². The summed E-state index contributed by atoms with van der Waals surface area (Å²) in [5.41, 5.74) is 1.10. The molecule has 0 saturated heterocycles. The second-order valence-corrected chi connectivity index (χ2v) is 9.22. The van der Waals surface area contributed by atoms with E-state index in [1.165, 1.54) is 11.8 Å². The quantitative estimate of drug-likeness (QED) is 0.581. The molecule has 1 atom stereocenters. The molecule has 8 heteroatoms. The molecule has 0 radical (unpaired) electrons. The van der Waals surface area contributed by atoms with Gasteiger partial charge in [0.2, 0.25) is 0 Å². The zero-order valence-electron chi connectivity index (χ0n) is 16.1. The molecule has 24 heavy (non-hydrogen) atoms. The molecule has 0 aliphatic heterocycles. The molecule has 0 rings (SSSR count). The van der Waals surface area contributed by atoms with Crippen molar-refractivity contribution in [2.24, 2.45) is 5.92 Å². The predicted molar refractivity (Wildman–Crippen MR) is 102 cm³/mol. The van der Waals surface area contributed by atoms with Crippen LogP contribution in [0.15, 0.2) is 0 Å². The molecule has 0 fully saturated rings. The average molecular weight is 379 g/mol. The third-order valence-corrected chi connectivity index (χ3v) is 3.94. The van der Waals surface area contributed by atoms with Crippen LogP contribution in [0.4, 0.5) is 9.59 Å². The van der Waals surface area contributed by atoms with Gasteiger partial charge in [0.1, 0.15) is 17.2 Å². The SMILES string of the molecule is CSC(=S)C(C(C)C)N(NC(=O)OC(C)(C)C)C(=O)OC(C)(C)C. The molecule has 1 unspecified atom stereocenters. The molecule has 6 nitrogen and oxygen atoms in total. The van der Waals surface area contributed by atoms with Crippen molar-refractivity contribution in [2.75, 3.05) is 6.26 Å². The lowest BCUT2D eigenvalue weighted by Gasteiger charge is -2.35. The molecule has 0 aliphatic rings. The molecule has 0 heterocycles. The van der Waals surface area contributed by atoms with Gasteiger partial charge < -0.3 is 9.47 Å². The van der Waals surface area contributed by atoms with Crippen LogP contribution in [-0.2, 0) is 9.47 Å². The molecule has 0 aromatic heterocycles. The fourth-order valence-electron chi connectivity index (χ4n) is 1.74. The van der Waals surface area contributed by atoms with Crippen LogP contribution in [0, 0.1) is 5.92 Å². The summed E-state index contributed by atoms with van der Waals surface area (Å²) >= 11 is 6.73. The fourth-order valence-corrected chi connectivity index (χ4v) is 2.73. The van der Waals surface area contributed by atoms with Gasteiger partial charge >= 0.3 is 12.2 Å². The zero-order chi connectivity index (χ0) is 19.3. The second-order valence-electron chi connectivity index (χ2n) is 7.68. The standard InChI is InChI=1S/C16H30N2O4S2/c1-10(2)11(12(23)24-9)18(14(20)22-16(6,7)8)17-13(19)21-15(3,4)5/h10-11H,1-9H3,(H,17,19). The number of amides is 2. The van der Waals surface area contributed by atoms with Crippen molar-refractivity contribution in [3.63, 3.8) is 0 Å². The van der Waals surface area contributed by atoms with Crippen molar-refractivity contribution in [1.29, 1.82) is 0 Å². The number of hydrazine groups is 1. The maximum absolute atomic E-state index is 12.6. The number of nitrogens with zero attached hydrogens (tertiary/aromatic N) is 1. The molecule has 0 aromatic carbocycles. The van der Waals surface area contributed by atoms with Gasteiger partial charge in [-0.1, -0.05) is 26.1 Å². The Kier molecular flexibility index (Phi) is 8.52. The first-order valence-electron chi connectivity index (χ1n) is 7.77. The molecule has 2 amide bonds. The third-order valence-electron chi connectivity index (χ3n) is 2.55. The first-order chi connectivity index (χ1) is 10.7. The fraction of sp³-hybridized carbons (Fsp3) is 0.812. The predicted octanol–water partition coefficient (Wildman–Crippen LogP) is 4.38. The summed E-state index contributed by atoms with van der Waals surface area (Å²) in [6.45, 7) is 14.3. The van der Waals surface area contributed by atoms with Crippen LogP contribution in [0.1, 0.15) is 55.4 Å². The normalized spacial score (nSPS) is 13.2. The van der Waals surface area contributed by atoms with E-state index in [1.54, 1.807) is 41.5 Å². The van der Waals surface area contributed by atoms with Crippen molar-refractivity contribution < 1.29 is 19.1 Å². The Hall–Kier alpha value is -1.02. The minimum atomic E-state index is -0.733. The van der Waals surface area contributed by atoms with Gasteiger partial charge in [-0.3, -0.25) is 0 Å². The first-order valence-corrected chi connectivity index (χ1v) is 9.41. The van der Waals surface area contributed by atoms with Gasteiger partial charge in [0.05, 0.1) is 4.20 Å². The smallest absolute Gasteiger partial charge is 0.429 e. The molecule has 0 spiro atoms. The highest BCUT2D eigenvalue weighted by Crippen LogP contribution is 2.20. The van der Waals surface area contributed by atoms with Gasteiger partial charge in [-0.2, -0.15) is 0 Å². The minimum absolute atomic E-state index is 0.0209. The molecule has 0 aromatic rings. The minimum Gasteiger partial charge on any atom is -0.443 e. The lowest BCUT2D eigenvalue weighted by Crippen LogP contribution is -2.57. The Morgan fingerprint density at radius 2 is 1.50 bits per heavy atom. The summed E-state index contributed by atoms with van der Waals surface area (Å²) in [4.78, 5) is 24.7. The molecule has 0 aliphatic carbocycles. The summed E-state index contributed by atoms with van der Waals surface area (Å²) < 4.78 is 11.2. The van der Waals surface area contributed by atoms with Crippen LogP contribution in [0.2, 0.25) is 0 Å². The second kappa shape index (κ2) is 8.89. The summed E-state index contributed by atoms with van der Waals surface area (Å²) in [7, 11) is 0. The number of rotatable bonds is 3. The maximum Gasteiger partial charge on any atom is 0.429 e. The van der Waals surface area contributed by atoms with Crippen LogP contribution in [0.25, 0.3) is 0 Å². The van der Waals surface area contributed by atoms with E-state index in [-0.39, 0.29) is 5.92 Å². The number of ether oxygens (including phenoxy) is 2. The average Bonchev–Trinajstić information content (AvgIpc) is 2.32. The van der Waals surface area contributed by atoms with Crippen molar-refractivity contribution in [2.45, 2.75) is 72.6 Å². The molecule has 0 bridgehead atoms. The van der Waals surface area contributed by atoms with Crippen molar-refractivity contribution >= 4 is 40.4 Å². The van der Waals surface area contributed by atoms with Gasteiger partial charge in [-0.25, -0.2) is 20.0 Å². The monoisotopic (exact) mass is 378 g/mol. The Labute approximate surface area is 155 Å². The van der Waals surface area contributed by atoms with Crippen molar-refractivity contribution in [3.05, 3.63) is 0 Å². The number of hydrogen-bond acceptors (Lipinski definition) is 6. The van der Waals surface area contributed by atoms with Crippen LogP contribution in [0.5, 0.6) is 0 Å². The molecular formula is C16H30N2O4S2. The Balaban J connectivity index is 5.53. The van der Waals surface area contributed by atoms with Gasteiger partial charge in [-0.15, -0.1) is 11.8 Å². The Bertz CT molecular complexity index is 468. The number of nitrogens with one attached hydrogen (secondary N) is 1. The summed E-state index contributed by atoms with van der Waals surface area (Å²) in [6, 6.07) is -0.502. The van der Waals surface area contributed by atoms with Gasteiger partial charge in [0, 0.05) is 0 Å². The number of carbonyl (C=O) groups is 2. The number of carbonyl (C=O) groups excluding carboxylic acids is 2. The van der Waals surface area contributed by atoms with E-state index in [0.717, 1.165) is 5.01 Å². The summed E-state index contributed by atoms with van der Waals surface area (Å²) in [5, 5.41) is 1.13. The highest BCUT2D eigenvalue weighted by Gasteiger charge is 2.35. The van der Waals surface area contributed by atoms with Crippen molar-refractivity contribution in [1.82, 2.24) is 10.4 Å². The summed E-state index contributed by atoms with van der Waals surface area (Å²) in [6.07, 6.45) is 0.421. The van der Waals surface area contributed by atoms with E-state index in [0.29, 0.717) is 4.20 Å². The number of thiocarbonyl (C=S) groups is 1. The lowest BCUT2D eigenvalue weighted by molar-refractivity contribution is -0.00647. The third kappa shape index (κ3) is 8.73. The summed E-state index contributed by atoms with van der Waals surface area (Å²) in [5.74, 6) is -0.0209. The molecule has 140 valence electrons. The van der Waals surface area contributed by atoms with Gasteiger partial charge in [0.25, 0.3) is 0 Å². The van der Waals surface area contributed by atoms with Crippen LogP contribution >= 0.6 is 24.0 Å². The zero-order valence-corrected chi connectivity index (χ0v) is 17.7. The van der Waals surface area contributed by atoms with Crippen LogP contribution in [0.3, 0.4) is 0 Å². The molecular weight excluding hydrogens is 348 g/mol. The first kappa shape index (κ1) is 23.0. The topological polar surface area (TPSA) is 67.9 Å². The van der Waals surface area contributed by atoms with Crippen LogP contribution < -0.4 is 5.43 Å². The largest absolute Gasteiger partial charge is 0.443 e. The van der Waals surface area contributed by atoms with Crippen molar-refractivity contribution in [3.8, 4) is 0 Å². The van der Waals surface area contributed by atoms with E-state index in [9.17, 15) is 9.59 Å².